The van der Waals surface area contributed by atoms with E-state index in [0.717, 1.165) is 12.3 Å². The molecule has 0 unspecified atom stereocenters. The van der Waals surface area contributed by atoms with Gasteiger partial charge < -0.3 is 29.7 Å². The van der Waals surface area contributed by atoms with Crippen molar-refractivity contribution in [2.24, 2.45) is 0 Å². The first kappa shape index (κ1) is 24.2. The number of rotatable bonds is 8. The summed E-state index contributed by atoms with van der Waals surface area (Å²) in [5, 5.41) is 8.59. The standard InChI is InChI=1S/C19H24F3N7O4/c1-23-15(30)13-8-12(33-27-13)9-32-17(31)25-7-5-18(28(2)3)10-29(11-18)16-24-6-4-14(26-16)19(20,21)22/h4,6,8H,5,7,9-11H2,1-3H3,(H,23,30)(H,25,31). The fourth-order valence-electron chi connectivity index (χ4n) is 3.33. The molecule has 3 heterocycles. The van der Waals surface area contributed by atoms with Gasteiger partial charge in [0.25, 0.3) is 5.91 Å². The number of hydrogen-bond acceptors (Lipinski definition) is 9. The molecule has 2 aromatic heterocycles. The molecule has 1 aliphatic rings. The second kappa shape index (κ2) is 9.60. The molecule has 0 spiro atoms. The monoisotopic (exact) mass is 471 g/mol. The number of hydrogen-bond donors (Lipinski definition) is 2. The van der Waals surface area contributed by atoms with Gasteiger partial charge in [-0.2, -0.15) is 13.2 Å². The predicted octanol–water partition coefficient (Wildman–Crippen LogP) is 1.28. The average molecular weight is 471 g/mol. The number of alkyl halides is 3. The Bertz CT molecular complexity index is 990. The number of carbonyl (C=O) groups excluding carboxylic acids is 2. The van der Waals surface area contributed by atoms with Gasteiger partial charge in [-0.3, -0.25) is 4.79 Å². The van der Waals surface area contributed by atoms with E-state index in [0.29, 0.717) is 19.5 Å². The van der Waals surface area contributed by atoms with Gasteiger partial charge in [-0.15, -0.1) is 0 Å². The fraction of sp³-hybridized carbons (Fsp3) is 0.526. The van der Waals surface area contributed by atoms with Crippen LogP contribution in [0.2, 0.25) is 0 Å². The fourth-order valence-corrected chi connectivity index (χ4v) is 3.33. The Hall–Kier alpha value is -3.42. The first-order valence-corrected chi connectivity index (χ1v) is 9.95. The van der Waals surface area contributed by atoms with Crippen LogP contribution in [0.15, 0.2) is 22.9 Å². The lowest BCUT2D eigenvalue weighted by molar-refractivity contribution is -0.141. The molecule has 1 fully saturated rings. The van der Waals surface area contributed by atoms with Gasteiger partial charge in [-0.25, -0.2) is 14.8 Å². The molecular formula is C19H24F3N7O4. The number of aromatic nitrogens is 3. The molecule has 3 rings (SSSR count). The van der Waals surface area contributed by atoms with Crippen molar-refractivity contribution in [3.63, 3.8) is 0 Å². The van der Waals surface area contributed by atoms with Crippen molar-refractivity contribution in [1.82, 2.24) is 30.7 Å². The van der Waals surface area contributed by atoms with E-state index < -0.39 is 23.9 Å². The van der Waals surface area contributed by atoms with Gasteiger partial charge in [0.05, 0.1) is 5.54 Å². The summed E-state index contributed by atoms with van der Waals surface area (Å²) in [5.41, 5.74) is -1.30. The van der Waals surface area contributed by atoms with E-state index in [1.54, 1.807) is 4.90 Å². The molecule has 1 saturated heterocycles. The SMILES string of the molecule is CNC(=O)c1cc(COC(=O)NCCC2(N(C)C)CN(c3nccc(C(F)(F)F)n3)C2)on1. The number of amides is 2. The predicted molar refractivity (Wildman–Crippen MR) is 108 cm³/mol. The summed E-state index contributed by atoms with van der Waals surface area (Å²) < 4.78 is 48.7. The van der Waals surface area contributed by atoms with Crippen LogP contribution in [0.5, 0.6) is 0 Å². The van der Waals surface area contributed by atoms with Crippen LogP contribution in [0.1, 0.15) is 28.4 Å². The van der Waals surface area contributed by atoms with Gasteiger partial charge in [0.15, 0.2) is 18.1 Å². The molecule has 0 radical (unpaired) electrons. The highest BCUT2D eigenvalue weighted by atomic mass is 19.4. The normalized spacial score (nSPS) is 15.2. The molecule has 0 aliphatic carbocycles. The molecule has 0 saturated carbocycles. The number of nitrogens with one attached hydrogen (secondary N) is 2. The number of halogens is 3. The van der Waals surface area contributed by atoms with Crippen molar-refractivity contribution in [2.45, 2.75) is 24.7 Å². The van der Waals surface area contributed by atoms with Crippen LogP contribution < -0.4 is 15.5 Å². The van der Waals surface area contributed by atoms with Gasteiger partial charge in [0.2, 0.25) is 5.95 Å². The molecule has 180 valence electrons. The summed E-state index contributed by atoms with van der Waals surface area (Å²) in [5.74, 6) is -0.199. The van der Waals surface area contributed by atoms with Crippen molar-refractivity contribution in [3.05, 3.63) is 35.5 Å². The highest BCUT2D eigenvalue weighted by Crippen LogP contribution is 2.33. The largest absolute Gasteiger partial charge is 0.441 e. The third-order valence-corrected chi connectivity index (χ3v) is 5.36. The minimum atomic E-state index is -4.54. The van der Waals surface area contributed by atoms with Crippen molar-refractivity contribution in [3.8, 4) is 0 Å². The van der Waals surface area contributed by atoms with E-state index in [-0.39, 0.29) is 36.1 Å². The molecule has 33 heavy (non-hydrogen) atoms. The number of ether oxygens (including phenoxy) is 1. The van der Waals surface area contributed by atoms with Crippen molar-refractivity contribution >= 4 is 17.9 Å². The van der Waals surface area contributed by atoms with Crippen molar-refractivity contribution < 1.29 is 32.0 Å². The lowest BCUT2D eigenvalue weighted by Gasteiger charge is -2.54. The average Bonchev–Trinajstić information content (AvgIpc) is 3.21. The quantitative estimate of drug-likeness (QED) is 0.586. The molecule has 0 atom stereocenters. The molecule has 0 aromatic carbocycles. The molecule has 11 nitrogen and oxygen atoms in total. The zero-order valence-electron chi connectivity index (χ0n) is 18.3. The number of anilines is 1. The van der Waals surface area contributed by atoms with E-state index in [4.69, 9.17) is 9.26 Å². The smallest absolute Gasteiger partial charge is 0.433 e. The second-order valence-electron chi connectivity index (χ2n) is 7.72. The van der Waals surface area contributed by atoms with Crippen LogP contribution in [-0.2, 0) is 17.5 Å². The Morgan fingerprint density at radius 1 is 1.33 bits per heavy atom. The van der Waals surface area contributed by atoms with Crippen LogP contribution in [0.4, 0.5) is 23.9 Å². The second-order valence-corrected chi connectivity index (χ2v) is 7.72. The topological polar surface area (TPSA) is 126 Å². The maximum atomic E-state index is 12.9. The summed E-state index contributed by atoms with van der Waals surface area (Å²) in [4.78, 5) is 34.6. The zero-order chi connectivity index (χ0) is 24.2. The minimum Gasteiger partial charge on any atom is -0.441 e. The van der Waals surface area contributed by atoms with E-state index >= 15 is 0 Å². The van der Waals surface area contributed by atoms with Gasteiger partial charge in [0, 0.05) is 38.9 Å². The molecule has 2 N–H and O–H groups in total. The minimum absolute atomic E-state index is 0.0119. The molecule has 0 bridgehead atoms. The Labute approximate surface area is 187 Å². The summed E-state index contributed by atoms with van der Waals surface area (Å²) in [6.45, 7) is 0.875. The first-order valence-electron chi connectivity index (χ1n) is 9.95. The summed E-state index contributed by atoms with van der Waals surface area (Å²) in [6, 6.07) is 2.20. The van der Waals surface area contributed by atoms with E-state index in [2.05, 4.69) is 25.8 Å². The number of likely N-dealkylation sites (N-methyl/N-ethyl adjacent to an activating group) is 1. The van der Waals surface area contributed by atoms with E-state index in [1.807, 2.05) is 19.0 Å². The van der Waals surface area contributed by atoms with Crippen LogP contribution in [-0.4, -0.2) is 78.3 Å². The maximum Gasteiger partial charge on any atom is 0.433 e. The van der Waals surface area contributed by atoms with E-state index in [1.165, 1.54) is 13.1 Å². The molecule has 14 heteroatoms. The number of alkyl carbamates (subject to hydrolysis) is 1. The third kappa shape index (κ3) is 5.69. The van der Waals surface area contributed by atoms with Gasteiger partial charge in [0.1, 0.15) is 5.69 Å². The maximum absolute atomic E-state index is 12.9. The highest BCUT2D eigenvalue weighted by molar-refractivity contribution is 5.91. The molecular weight excluding hydrogens is 447 g/mol. The Morgan fingerprint density at radius 3 is 2.70 bits per heavy atom. The molecule has 2 aromatic rings. The van der Waals surface area contributed by atoms with Gasteiger partial charge >= 0.3 is 12.3 Å². The van der Waals surface area contributed by atoms with Gasteiger partial charge in [-0.05, 0) is 26.6 Å². The highest BCUT2D eigenvalue weighted by Gasteiger charge is 2.46. The van der Waals surface area contributed by atoms with Crippen LogP contribution in [0, 0.1) is 0 Å². The Morgan fingerprint density at radius 2 is 2.06 bits per heavy atom. The van der Waals surface area contributed by atoms with Crippen LogP contribution >= 0.6 is 0 Å². The number of carbonyl (C=O) groups is 2. The van der Waals surface area contributed by atoms with Crippen molar-refractivity contribution in [2.75, 3.05) is 45.7 Å². The Kier molecular flexibility index (Phi) is 7.05. The van der Waals surface area contributed by atoms with Crippen molar-refractivity contribution in [1.29, 1.82) is 0 Å². The van der Waals surface area contributed by atoms with Crippen LogP contribution in [0.25, 0.3) is 0 Å². The summed E-state index contributed by atoms with van der Waals surface area (Å²) >= 11 is 0. The first-order chi connectivity index (χ1) is 15.5. The molecule has 2 amide bonds. The Balaban J connectivity index is 1.47. The van der Waals surface area contributed by atoms with Crippen LogP contribution in [0.3, 0.4) is 0 Å². The molecule has 1 aliphatic heterocycles. The zero-order valence-corrected chi connectivity index (χ0v) is 18.3. The van der Waals surface area contributed by atoms with E-state index in [9.17, 15) is 22.8 Å². The summed E-state index contributed by atoms with van der Waals surface area (Å²) in [6.07, 6.45) is -3.61. The summed E-state index contributed by atoms with van der Waals surface area (Å²) in [7, 11) is 5.17. The lowest BCUT2D eigenvalue weighted by Crippen LogP contribution is -2.69. The number of nitrogens with zero attached hydrogens (tertiary/aromatic N) is 5. The van der Waals surface area contributed by atoms with Gasteiger partial charge in [-0.1, -0.05) is 5.16 Å². The third-order valence-electron chi connectivity index (χ3n) is 5.36. The lowest BCUT2D eigenvalue weighted by atomic mass is 9.85.